The summed E-state index contributed by atoms with van der Waals surface area (Å²) in [5, 5.41) is 7.16. The predicted molar refractivity (Wildman–Crippen MR) is 70.3 cm³/mol. The van der Waals surface area contributed by atoms with E-state index in [2.05, 4.69) is 10.4 Å². The Labute approximate surface area is 107 Å². The van der Waals surface area contributed by atoms with E-state index in [-0.39, 0.29) is 5.91 Å². The van der Waals surface area contributed by atoms with Gasteiger partial charge >= 0.3 is 0 Å². The normalized spacial score (nSPS) is 10.4. The van der Waals surface area contributed by atoms with Crippen LogP contribution in [0.4, 0.5) is 0 Å². The van der Waals surface area contributed by atoms with Crippen molar-refractivity contribution in [2.75, 3.05) is 0 Å². The fraction of sp³-hybridized carbons (Fsp3) is 0.286. The fourth-order valence-corrected chi connectivity index (χ4v) is 1.97. The summed E-state index contributed by atoms with van der Waals surface area (Å²) in [7, 11) is 1.84. The Bertz CT molecular complexity index is 558. The predicted octanol–water partition coefficient (Wildman–Crippen LogP) is 1.97. The number of carbonyl (C=O) groups is 1. The number of nitrogens with one attached hydrogen (secondary N) is 1. The molecule has 0 bridgehead atoms. The maximum absolute atomic E-state index is 12.1. The van der Waals surface area contributed by atoms with E-state index >= 15 is 0 Å². The molecule has 0 atom stereocenters. The molecular formula is C14H17N3O. The van der Waals surface area contributed by atoms with Gasteiger partial charge in [0.1, 0.15) is 0 Å². The first kappa shape index (κ1) is 12.4. The van der Waals surface area contributed by atoms with Crippen molar-refractivity contribution < 1.29 is 4.79 Å². The number of aromatic nitrogens is 2. The number of benzene rings is 1. The van der Waals surface area contributed by atoms with E-state index in [0.29, 0.717) is 12.1 Å². The highest BCUT2D eigenvalue weighted by Crippen LogP contribution is 2.11. The van der Waals surface area contributed by atoms with Crippen LogP contribution >= 0.6 is 0 Å². The lowest BCUT2D eigenvalue weighted by atomic mass is 10.1. The van der Waals surface area contributed by atoms with Gasteiger partial charge in [0.25, 0.3) is 5.91 Å². The van der Waals surface area contributed by atoms with Crippen molar-refractivity contribution >= 4 is 5.91 Å². The van der Waals surface area contributed by atoms with Crippen LogP contribution in [-0.2, 0) is 13.6 Å². The van der Waals surface area contributed by atoms with Crippen molar-refractivity contribution in [3.63, 3.8) is 0 Å². The van der Waals surface area contributed by atoms with Gasteiger partial charge in [0, 0.05) is 19.3 Å². The number of carbonyl (C=O) groups excluding carboxylic acids is 1. The van der Waals surface area contributed by atoms with Crippen LogP contribution in [0.5, 0.6) is 0 Å². The molecule has 18 heavy (non-hydrogen) atoms. The molecule has 0 aliphatic rings. The van der Waals surface area contributed by atoms with Crippen molar-refractivity contribution in [3.05, 3.63) is 52.8 Å². The molecule has 4 nitrogen and oxygen atoms in total. The van der Waals surface area contributed by atoms with Crippen LogP contribution in [0.25, 0.3) is 0 Å². The molecule has 0 unspecified atom stereocenters. The lowest BCUT2D eigenvalue weighted by Gasteiger charge is -2.05. The highest BCUT2D eigenvalue weighted by atomic mass is 16.1. The van der Waals surface area contributed by atoms with Gasteiger partial charge in [-0.05, 0) is 19.4 Å². The molecule has 0 radical (unpaired) electrons. The van der Waals surface area contributed by atoms with Crippen molar-refractivity contribution in [2.24, 2.45) is 7.05 Å². The zero-order chi connectivity index (χ0) is 13.1. The molecule has 0 saturated heterocycles. The highest BCUT2D eigenvalue weighted by molar-refractivity contribution is 5.96. The Morgan fingerprint density at radius 1 is 1.28 bits per heavy atom. The number of nitrogens with zero attached hydrogens (tertiary/aromatic N) is 2. The lowest BCUT2D eigenvalue weighted by molar-refractivity contribution is 0.0949. The molecule has 2 rings (SSSR count). The molecule has 94 valence electrons. The molecule has 0 fully saturated rings. The highest BCUT2D eigenvalue weighted by Gasteiger charge is 2.16. The summed E-state index contributed by atoms with van der Waals surface area (Å²) in [5.41, 5.74) is 3.41. The molecule has 1 aromatic heterocycles. The Kier molecular flexibility index (Phi) is 3.46. The van der Waals surface area contributed by atoms with Crippen LogP contribution in [0.1, 0.15) is 27.3 Å². The van der Waals surface area contributed by atoms with Gasteiger partial charge in [0.15, 0.2) is 0 Å². The smallest absolute Gasteiger partial charge is 0.255 e. The van der Waals surface area contributed by atoms with E-state index in [1.807, 2.05) is 51.2 Å². The van der Waals surface area contributed by atoms with E-state index in [4.69, 9.17) is 0 Å². The third kappa shape index (κ3) is 2.42. The number of hydrogen-bond donors (Lipinski definition) is 1. The standard InChI is InChI=1S/C14H17N3O/c1-10-13(11(2)17(3)16-10)14(18)15-9-12-7-5-4-6-8-12/h4-8H,9H2,1-3H3,(H,15,18). The first-order valence-electron chi connectivity index (χ1n) is 5.92. The molecule has 0 aliphatic heterocycles. The summed E-state index contributed by atoms with van der Waals surface area (Å²) in [5.74, 6) is -0.0676. The van der Waals surface area contributed by atoms with E-state index in [0.717, 1.165) is 17.0 Å². The van der Waals surface area contributed by atoms with Crippen LogP contribution in [0, 0.1) is 13.8 Å². The zero-order valence-corrected chi connectivity index (χ0v) is 10.9. The molecule has 0 spiro atoms. The molecule has 1 aromatic carbocycles. The van der Waals surface area contributed by atoms with Gasteiger partial charge in [-0.1, -0.05) is 30.3 Å². The summed E-state index contributed by atoms with van der Waals surface area (Å²) >= 11 is 0. The van der Waals surface area contributed by atoms with Gasteiger partial charge in [0.05, 0.1) is 11.3 Å². The largest absolute Gasteiger partial charge is 0.348 e. The minimum absolute atomic E-state index is 0.0676. The maximum atomic E-state index is 12.1. The first-order valence-corrected chi connectivity index (χ1v) is 5.92. The first-order chi connectivity index (χ1) is 8.59. The van der Waals surface area contributed by atoms with E-state index in [1.54, 1.807) is 4.68 Å². The van der Waals surface area contributed by atoms with Crippen molar-refractivity contribution in [2.45, 2.75) is 20.4 Å². The summed E-state index contributed by atoms with van der Waals surface area (Å²) in [6.45, 7) is 4.29. The molecule has 1 N–H and O–H groups in total. The monoisotopic (exact) mass is 243 g/mol. The third-order valence-electron chi connectivity index (χ3n) is 3.03. The molecule has 1 heterocycles. The number of hydrogen-bond acceptors (Lipinski definition) is 2. The average molecular weight is 243 g/mol. The quantitative estimate of drug-likeness (QED) is 0.895. The summed E-state index contributed by atoms with van der Waals surface area (Å²) in [6, 6.07) is 9.86. The van der Waals surface area contributed by atoms with Gasteiger partial charge in [0.2, 0.25) is 0 Å². The van der Waals surface area contributed by atoms with Crippen LogP contribution < -0.4 is 5.32 Å². The second-order valence-electron chi connectivity index (χ2n) is 4.34. The third-order valence-corrected chi connectivity index (χ3v) is 3.03. The van der Waals surface area contributed by atoms with Crippen LogP contribution in [-0.4, -0.2) is 15.7 Å². The van der Waals surface area contributed by atoms with Crippen molar-refractivity contribution in [1.29, 1.82) is 0 Å². The molecule has 0 aliphatic carbocycles. The van der Waals surface area contributed by atoms with E-state index in [9.17, 15) is 4.79 Å². The number of aryl methyl sites for hydroxylation is 2. The van der Waals surface area contributed by atoms with Crippen molar-refractivity contribution in [3.8, 4) is 0 Å². The van der Waals surface area contributed by atoms with Gasteiger partial charge in [-0.3, -0.25) is 9.48 Å². The maximum Gasteiger partial charge on any atom is 0.255 e. The van der Waals surface area contributed by atoms with E-state index in [1.165, 1.54) is 0 Å². The van der Waals surface area contributed by atoms with Crippen LogP contribution in [0.2, 0.25) is 0 Å². The Balaban J connectivity index is 2.09. The minimum atomic E-state index is -0.0676. The van der Waals surface area contributed by atoms with Crippen molar-refractivity contribution in [1.82, 2.24) is 15.1 Å². The average Bonchev–Trinajstić information content (AvgIpc) is 2.62. The van der Waals surface area contributed by atoms with Gasteiger partial charge in [-0.2, -0.15) is 5.10 Å². The Morgan fingerprint density at radius 2 is 1.94 bits per heavy atom. The summed E-state index contributed by atoms with van der Waals surface area (Å²) in [4.78, 5) is 12.1. The molecular weight excluding hydrogens is 226 g/mol. The molecule has 1 amide bonds. The topological polar surface area (TPSA) is 46.9 Å². The SMILES string of the molecule is Cc1nn(C)c(C)c1C(=O)NCc1ccccc1. The summed E-state index contributed by atoms with van der Waals surface area (Å²) < 4.78 is 1.73. The molecule has 4 heteroatoms. The Morgan fingerprint density at radius 3 is 2.50 bits per heavy atom. The lowest BCUT2D eigenvalue weighted by Crippen LogP contribution is -2.24. The number of amides is 1. The Hall–Kier alpha value is -2.10. The number of rotatable bonds is 3. The van der Waals surface area contributed by atoms with E-state index < -0.39 is 0 Å². The molecule has 2 aromatic rings. The van der Waals surface area contributed by atoms with Gasteiger partial charge < -0.3 is 5.32 Å². The second-order valence-corrected chi connectivity index (χ2v) is 4.34. The fourth-order valence-electron chi connectivity index (χ4n) is 1.97. The van der Waals surface area contributed by atoms with Crippen LogP contribution in [0.3, 0.4) is 0 Å². The van der Waals surface area contributed by atoms with Gasteiger partial charge in [-0.25, -0.2) is 0 Å². The van der Waals surface area contributed by atoms with Gasteiger partial charge in [-0.15, -0.1) is 0 Å². The van der Waals surface area contributed by atoms with Crippen LogP contribution in [0.15, 0.2) is 30.3 Å². The zero-order valence-electron chi connectivity index (χ0n) is 10.9. The second kappa shape index (κ2) is 5.04. The summed E-state index contributed by atoms with van der Waals surface area (Å²) in [6.07, 6.45) is 0. The minimum Gasteiger partial charge on any atom is -0.348 e. The molecule has 0 saturated carbocycles.